The third kappa shape index (κ3) is 4.27. The molecule has 0 saturated heterocycles. The molecular formula is C21H17NO4. The van der Waals surface area contributed by atoms with Gasteiger partial charge < -0.3 is 15.2 Å². The van der Waals surface area contributed by atoms with Crippen LogP contribution >= 0.6 is 0 Å². The maximum atomic E-state index is 12.4. The minimum absolute atomic E-state index is 0.0403. The summed E-state index contributed by atoms with van der Waals surface area (Å²) in [6, 6.07) is 22.8. The number of benzene rings is 3. The number of carbonyl (C=O) groups excluding carboxylic acids is 1. The molecule has 0 saturated carbocycles. The Kier molecular flexibility index (Phi) is 5.29. The summed E-state index contributed by atoms with van der Waals surface area (Å²) < 4.78 is 5.74. The van der Waals surface area contributed by atoms with E-state index in [0.29, 0.717) is 18.0 Å². The molecule has 0 atom stereocenters. The predicted octanol–water partition coefficient (Wildman–Crippen LogP) is 4.22. The summed E-state index contributed by atoms with van der Waals surface area (Å²) in [5.74, 6) is -1.02. The van der Waals surface area contributed by atoms with Gasteiger partial charge in [-0.2, -0.15) is 0 Å². The standard InChI is InChI=1S/C21H17NO4/c23-20(18-11-4-5-12-19(18)21(24)25)22-16-9-6-10-17(13-16)26-14-15-7-2-1-3-8-15/h1-13H,14H2,(H,22,23)(H,24,25). The van der Waals surface area contributed by atoms with Crippen molar-refractivity contribution in [1.29, 1.82) is 0 Å². The van der Waals surface area contributed by atoms with Crippen molar-refractivity contribution in [3.63, 3.8) is 0 Å². The lowest BCUT2D eigenvalue weighted by Crippen LogP contribution is -2.16. The van der Waals surface area contributed by atoms with Gasteiger partial charge in [0.05, 0.1) is 11.1 Å². The molecule has 26 heavy (non-hydrogen) atoms. The van der Waals surface area contributed by atoms with E-state index in [4.69, 9.17) is 4.74 Å². The number of rotatable bonds is 6. The van der Waals surface area contributed by atoms with Gasteiger partial charge in [-0.1, -0.05) is 48.5 Å². The van der Waals surface area contributed by atoms with E-state index >= 15 is 0 Å². The van der Waals surface area contributed by atoms with Crippen LogP contribution < -0.4 is 10.1 Å². The first-order chi connectivity index (χ1) is 12.6. The van der Waals surface area contributed by atoms with Crippen molar-refractivity contribution in [2.24, 2.45) is 0 Å². The Hall–Kier alpha value is -3.60. The first-order valence-electron chi connectivity index (χ1n) is 8.04. The lowest BCUT2D eigenvalue weighted by molar-refractivity contribution is 0.0692. The number of hydrogen-bond donors (Lipinski definition) is 2. The van der Waals surface area contributed by atoms with E-state index in [0.717, 1.165) is 5.56 Å². The highest BCUT2D eigenvalue weighted by atomic mass is 16.5. The monoisotopic (exact) mass is 347 g/mol. The van der Waals surface area contributed by atoms with Crippen LogP contribution in [0.4, 0.5) is 5.69 Å². The van der Waals surface area contributed by atoms with Crippen molar-refractivity contribution >= 4 is 17.6 Å². The molecule has 0 aromatic heterocycles. The van der Waals surface area contributed by atoms with Crippen molar-refractivity contribution < 1.29 is 19.4 Å². The molecule has 0 heterocycles. The second kappa shape index (κ2) is 7.98. The average molecular weight is 347 g/mol. The molecule has 0 bridgehead atoms. The van der Waals surface area contributed by atoms with Crippen LogP contribution in [0.2, 0.25) is 0 Å². The number of amides is 1. The van der Waals surface area contributed by atoms with Crippen molar-refractivity contribution in [2.45, 2.75) is 6.61 Å². The zero-order chi connectivity index (χ0) is 18.4. The van der Waals surface area contributed by atoms with Crippen molar-refractivity contribution in [2.75, 3.05) is 5.32 Å². The maximum absolute atomic E-state index is 12.4. The molecular weight excluding hydrogens is 330 g/mol. The molecule has 130 valence electrons. The predicted molar refractivity (Wildman–Crippen MR) is 98.6 cm³/mol. The molecule has 5 nitrogen and oxygen atoms in total. The lowest BCUT2D eigenvalue weighted by Gasteiger charge is -2.10. The second-order valence-corrected chi connectivity index (χ2v) is 5.61. The average Bonchev–Trinajstić information content (AvgIpc) is 2.67. The van der Waals surface area contributed by atoms with Crippen molar-refractivity contribution in [1.82, 2.24) is 0 Å². The molecule has 0 unspecified atom stereocenters. The van der Waals surface area contributed by atoms with Gasteiger partial charge in [0.2, 0.25) is 0 Å². The minimum atomic E-state index is -1.14. The van der Waals surface area contributed by atoms with Gasteiger partial charge in [-0.25, -0.2) is 4.79 Å². The number of carboxylic acids is 1. The zero-order valence-corrected chi connectivity index (χ0v) is 13.9. The van der Waals surface area contributed by atoms with Crippen LogP contribution in [0.5, 0.6) is 5.75 Å². The highest BCUT2D eigenvalue weighted by Crippen LogP contribution is 2.20. The molecule has 0 spiro atoms. The molecule has 3 rings (SSSR count). The smallest absolute Gasteiger partial charge is 0.336 e. The molecule has 3 aromatic rings. The van der Waals surface area contributed by atoms with Gasteiger partial charge in [0.25, 0.3) is 5.91 Å². The Morgan fingerprint density at radius 2 is 1.54 bits per heavy atom. The number of hydrogen-bond acceptors (Lipinski definition) is 3. The number of ether oxygens (including phenoxy) is 1. The Morgan fingerprint density at radius 1 is 0.846 bits per heavy atom. The highest BCUT2D eigenvalue weighted by Gasteiger charge is 2.15. The van der Waals surface area contributed by atoms with Crippen LogP contribution in [-0.2, 0) is 6.61 Å². The number of carbonyl (C=O) groups is 2. The first kappa shape index (κ1) is 17.2. The lowest BCUT2D eigenvalue weighted by atomic mass is 10.1. The molecule has 0 aliphatic heterocycles. The Labute approximate surface area is 150 Å². The summed E-state index contributed by atoms with van der Waals surface area (Å²) >= 11 is 0. The summed E-state index contributed by atoms with van der Waals surface area (Å²) in [5, 5.41) is 11.9. The van der Waals surface area contributed by atoms with E-state index in [9.17, 15) is 14.7 Å². The largest absolute Gasteiger partial charge is 0.489 e. The first-order valence-corrected chi connectivity index (χ1v) is 8.04. The van der Waals surface area contributed by atoms with Gasteiger partial charge in [-0.15, -0.1) is 0 Å². The summed E-state index contributed by atoms with van der Waals surface area (Å²) in [5.41, 5.74) is 1.63. The van der Waals surface area contributed by atoms with Gasteiger partial charge >= 0.3 is 5.97 Å². The van der Waals surface area contributed by atoms with E-state index in [1.807, 2.05) is 30.3 Å². The van der Waals surface area contributed by atoms with Crippen molar-refractivity contribution in [3.8, 4) is 5.75 Å². The van der Waals surface area contributed by atoms with Gasteiger partial charge in [0, 0.05) is 11.8 Å². The third-order valence-electron chi connectivity index (χ3n) is 3.74. The van der Waals surface area contributed by atoms with Gasteiger partial charge in [0.15, 0.2) is 0 Å². The summed E-state index contributed by atoms with van der Waals surface area (Å²) in [4.78, 5) is 23.7. The van der Waals surface area contributed by atoms with Crippen LogP contribution in [0.1, 0.15) is 26.3 Å². The van der Waals surface area contributed by atoms with Gasteiger partial charge in [-0.3, -0.25) is 4.79 Å². The van der Waals surface area contributed by atoms with Crippen LogP contribution in [0, 0.1) is 0 Å². The SMILES string of the molecule is O=C(O)c1ccccc1C(=O)Nc1cccc(OCc2ccccc2)c1. The van der Waals surface area contributed by atoms with Crippen LogP contribution in [0.15, 0.2) is 78.9 Å². The van der Waals surface area contributed by atoms with Crippen LogP contribution in [-0.4, -0.2) is 17.0 Å². The Balaban J connectivity index is 1.71. The van der Waals surface area contributed by atoms with Gasteiger partial charge in [-0.05, 0) is 29.8 Å². The topological polar surface area (TPSA) is 75.6 Å². The zero-order valence-electron chi connectivity index (χ0n) is 13.9. The summed E-state index contributed by atoms with van der Waals surface area (Å²) in [6.45, 7) is 0.417. The molecule has 2 N–H and O–H groups in total. The summed E-state index contributed by atoms with van der Waals surface area (Å²) in [6.07, 6.45) is 0. The fraction of sp³-hybridized carbons (Fsp3) is 0.0476. The summed E-state index contributed by atoms with van der Waals surface area (Å²) in [7, 11) is 0. The minimum Gasteiger partial charge on any atom is -0.489 e. The van der Waals surface area contributed by atoms with Gasteiger partial charge in [0.1, 0.15) is 12.4 Å². The molecule has 0 aliphatic rings. The van der Waals surface area contributed by atoms with E-state index in [2.05, 4.69) is 5.32 Å². The number of anilines is 1. The molecule has 3 aromatic carbocycles. The number of carboxylic acid groups (broad SMARTS) is 1. The number of aromatic carboxylic acids is 1. The fourth-order valence-electron chi connectivity index (χ4n) is 2.47. The van der Waals surface area contributed by atoms with Crippen molar-refractivity contribution in [3.05, 3.63) is 95.6 Å². The quantitative estimate of drug-likeness (QED) is 0.700. The van der Waals surface area contributed by atoms with E-state index in [1.54, 1.807) is 36.4 Å². The maximum Gasteiger partial charge on any atom is 0.336 e. The molecule has 5 heteroatoms. The molecule has 1 amide bonds. The normalized spacial score (nSPS) is 10.2. The van der Waals surface area contributed by atoms with E-state index < -0.39 is 11.9 Å². The molecule has 0 fully saturated rings. The highest BCUT2D eigenvalue weighted by molar-refractivity contribution is 6.10. The fourth-order valence-corrected chi connectivity index (χ4v) is 2.47. The van der Waals surface area contributed by atoms with Crippen LogP contribution in [0.25, 0.3) is 0 Å². The second-order valence-electron chi connectivity index (χ2n) is 5.61. The molecule has 0 aliphatic carbocycles. The van der Waals surface area contributed by atoms with Crippen LogP contribution in [0.3, 0.4) is 0 Å². The van der Waals surface area contributed by atoms with E-state index in [-0.39, 0.29) is 11.1 Å². The number of nitrogens with one attached hydrogen (secondary N) is 1. The molecule has 0 radical (unpaired) electrons. The third-order valence-corrected chi connectivity index (χ3v) is 3.74. The van der Waals surface area contributed by atoms with E-state index in [1.165, 1.54) is 12.1 Å². The Bertz CT molecular complexity index is 922. The Morgan fingerprint density at radius 3 is 2.27 bits per heavy atom.